The van der Waals surface area contributed by atoms with Crippen molar-refractivity contribution >= 4 is 11.9 Å². The predicted octanol–water partition coefficient (Wildman–Crippen LogP) is 0.535. The Morgan fingerprint density at radius 1 is 1.07 bits per heavy atom. The predicted molar refractivity (Wildman–Crippen MR) is 50.8 cm³/mol. The number of rotatable bonds is 6. The zero-order chi connectivity index (χ0) is 11.3. The summed E-state index contributed by atoms with van der Waals surface area (Å²) < 4.78 is 0. The first-order chi connectivity index (χ1) is 6.45. The van der Waals surface area contributed by atoms with E-state index in [0.29, 0.717) is 12.8 Å². The van der Waals surface area contributed by atoms with E-state index in [4.69, 9.17) is 15.9 Å². The van der Waals surface area contributed by atoms with Gasteiger partial charge in [0.05, 0.1) is 11.8 Å². The Morgan fingerprint density at radius 3 is 1.50 bits per heavy atom. The molecule has 0 aromatic rings. The molecular weight excluding hydrogens is 186 g/mol. The normalized spacial score (nSPS) is 17.1. The van der Waals surface area contributed by atoms with E-state index >= 15 is 0 Å². The molecule has 0 aromatic carbocycles. The highest BCUT2D eigenvalue weighted by molar-refractivity contribution is 5.75. The van der Waals surface area contributed by atoms with Gasteiger partial charge in [-0.2, -0.15) is 0 Å². The first-order valence-corrected chi connectivity index (χ1v) is 4.66. The van der Waals surface area contributed by atoms with Crippen LogP contribution in [0.5, 0.6) is 0 Å². The SMILES string of the molecule is CCC(C(=O)O)C(N)C(CC)C(=O)O. The molecule has 0 aliphatic rings. The first-order valence-electron chi connectivity index (χ1n) is 4.66. The molecule has 0 aromatic heterocycles. The molecule has 0 fully saturated rings. The third-order valence-corrected chi connectivity index (χ3v) is 2.44. The highest BCUT2D eigenvalue weighted by Crippen LogP contribution is 2.18. The quantitative estimate of drug-likeness (QED) is 0.584. The fraction of sp³-hybridized carbons (Fsp3) is 0.778. The van der Waals surface area contributed by atoms with E-state index in [2.05, 4.69) is 0 Å². The van der Waals surface area contributed by atoms with Gasteiger partial charge in [-0.25, -0.2) is 0 Å². The highest BCUT2D eigenvalue weighted by atomic mass is 16.4. The summed E-state index contributed by atoms with van der Waals surface area (Å²) in [5, 5.41) is 17.6. The minimum Gasteiger partial charge on any atom is -0.481 e. The molecule has 2 unspecified atom stereocenters. The Morgan fingerprint density at radius 2 is 1.36 bits per heavy atom. The number of carboxylic acid groups (broad SMARTS) is 2. The van der Waals surface area contributed by atoms with Crippen molar-refractivity contribution in [1.82, 2.24) is 0 Å². The lowest BCUT2D eigenvalue weighted by atomic mass is 9.86. The van der Waals surface area contributed by atoms with Gasteiger partial charge in [-0.1, -0.05) is 13.8 Å². The van der Waals surface area contributed by atoms with E-state index in [0.717, 1.165) is 0 Å². The molecule has 5 heteroatoms. The standard InChI is InChI=1S/C9H17NO4/c1-3-5(8(11)12)7(10)6(4-2)9(13)14/h5-7H,3-4,10H2,1-2H3,(H,11,12)(H,13,14). The molecular formula is C9H17NO4. The summed E-state index contributed by atoms with van der Waals surface area (Å²) >= 11 is 0. The lowest BCUT2D eigenvalue weighted by Crippen LogP contribution is -2.44. The third kappa shape index (κ3) is 2.99. The molecule has 82 valence electrons. The smallest absolute Gasteiger partial charge is 0.308 e. The summed E-state index contributed by atoms with van der Waals surface area (Å²) in [6.07, 6.45) is 0.695. The van der Waals surface area contributed by atoms with E-state index in [-0.39, 0.29) is 0 Å². The number of carboxylic acids is 2. The van der Waals surface area contributed by atoms with Crippen LogP contribution < -0.4 is 5.73 Å². The average molecular weight is 203 g/mol. The van der Waals surface area contributed by atoms with E-state index in [1.807, 2.05) is 0 Å². The van der Waals surface area contributed by atoms with Crippen LogP contribution in [-0.4, -0.2) is 28.2 Å². The maximum absolute atomic E-state index is 10.7. The zero-order valence-corrected chi connectivity index (χ0v) is 8.43. The molecule has 4 N–H and O–H groups in total. The largest absolute Gasteiger partial charge is 0.481 e. The van der Waals surface area contributed by atoms with Gasteiger partial charge in [0.15, 0.2) is 0 Å². The molecule has 2 atom stereocenters. The van der Waals surface area contributed by atoms with E-state index < -0.39 is 29.8 Å². The Kier molecular flexibility index (Phi) is 5.15. The second-order valence-electron chi connectivity index (χ2n) is 3.28. The number of aliphatic carboxylic acids is 2. The molecule has 0 amide bonds. The lowest BCUT2D eigenvalue weighted by Gasteiger charge is -2.23. The monoisotopic (exact) mass is 203 g/mol. The van der Waals surface area contributed by atoms with Crippen molar-refractivity contribution in [3.63, 3.8) is 0 Å². The van der Waals surface area contributed by atoms with Crippen molar-refractivity contribution in [3.05, 3.63) is 0 Å². The molecule has 0 saturated carbocycles. The van der Waals surface area contributed by atoms with E-state index in [9.17, 15) is 9.59 Å². The molecule has 5 nitrogen and oxygen atoms in total. The van der Waals surface area contributed by atoms with Gasteiger partial charge in [0.1, 0.15) is 0 Å². The third-order valence-electron chi connectivity index (χ3n) is 2.44. The van der Waals surface area contributed by atoms with Crippen molar-refractivity contribution in [2.45, 2.75) is 32.7 Å². The van der Waals surface area contributed by atoms with Gasteiger partial charge in [-0.05, 0) is 12.8 Å². The van der Waals surface area contributed by atoms with Gasteiger partial charge >= 0.3 is 11.9 Å². The van der Waals surface area contributed by atoms with Crippen LogP contribution in [0.1, 0.15) is 26.7 Å². The first kappa shape index (κ1) is 12.9. The van der Waals surface area contributed by atoms with Crippen LogP contribution in [0, 0.1) is 11.8 Å². The van der Waals surface area contributed by atoms with Gasteiger partial charge in [0, 0.05) is 6.04 Å². The van der Waals surface area contributed by atoms with Crippen LogP contribution in [0.4, 0.5) is 0 Å². The molecule has 0 heterocycles. The molecule has 0 bridgehead atoms. The van der Waals surface area contributed by atoms with E-state index in [1.165, 1.54) is 0 Å². The second-order valence-corrected chi connectivity index (χ2v) is 3.28. The van der Waals surface area contributed by atoms with E-state index in [1.54, 1.807) is 13.8 Å². The van der Waals surface area contributed by atoms with Crippen LogP contribution in [0.2, 0.25) is 0 Å². The Labute approximate surface area is 82.9 Å². The van der Waals surface area contributed by atoms with Crippen LogP contribution in [0.25, 0.3) is 0 Å². The van der Waals surface area contributed by atoms with Crippen molar-refractivity contribution in [2.75, 3.05) is 0 Å². The molecule has 0 spiro atoms. The van der Waals surface area contributed by atoms with Gasteiger partial charge < -0.3 is 15.9 Å². The van der Waals surface area contributed by atoms with Crippen molar-refractivity contribution < 1.29 is 19.8 Å². The van der Waals surface area contributed by atoms with Crippen LogP contribution in [0.3, 0.4) is 0 Å². The Hall–Kier alpha value is -1.10. The second kappa shape index (κ2) is 5.59. The Bertz CT molecular complexity index is 195. The van der Waals surface area contributed by atoms with Crippen LogP contribution >= 0.6 is 0 Å². The van der Waals surface area contributed by atoms with Gasteiger partial charge in [0.25, 0.3) is 0 Å². The molecule has 14 heavy (non-hydrogen) atoms. The maximum Gasteiger partial charge on any atom is 0.308 e. The molecule has 0 aliphatic heterocycles. The number of hydrogen-bond acceptors (Lipinski definition) is 3. The fourth-order valence-electron chi connectivity index (χ4n) is 1.50. The minimum atomic E-state index is -1.03. The average Bonchev–Trinajstić information content (AvgIpc) is 2.04. The molecule has 0 aliphatic carbocycles. The number of nitrogens with two attached hydrogens (primary N) is 1. The van der Waals surface area contributed by atoms with Gasteiger partial charge in [0.2, 0.25) is 0 Å². The summed E-state index contributed by atoms with van der Waals surface area (Å²) in [6, 6.07) is -0.819. The molecule has 0 radical (unpaired) electrons. The van der Waals surface area contributed by atoms with Gasteiger partial charge in [-0.15, -0.1) is 0 Å². The van der Waals surface area contributed by atoms with Crippen molar-refractivity contribution in [1.29, 1.82) is 0 Å². The number of carbonyl (C=O) groups is 2. The Balaban J connectivity index is 4.61. The lowest BCUT2D eigenvalue weighted by molar-refractivity contribution is -0.147. The summed E-state index contributed by atoms with van der Waals surface area (Å²) in [5.41, 5.74) is 5.62. The summed E-state index contributed by atoms with van der Waals surface area (Å²) in [7, 11) is 0. The topological polar surface area (TPSA) is 101 Å². The molecule has 0 saturated heterocycles. The summed E-state index contributed by atoms with van der Waals surface area (Å²) in [4.78, 5) is 21.5. The highest BCUT2D eigenvalue weighted by Gasteiger charge is 2.33. The summed E-state index contributed by atoms with van der Waals surface area (Å²) in [5.74, 6) is -3.62. The van der Waals surface area contributed by atoms with Gasteiger partial charge in [-0.3, -0.25) is 9.59 Å². The zero-order valence-electron chi connectivity index (χ0n) is 8.43. The van der Waals surface area contributed by atoms with Crippen molar-refractivity contribution in [2.24, 2.45) is 17.6 Å². The number of hydrogen-bond donors (Lipinski definition) is 3. The maximum atomic E-state index is 10.7. The fourth-order valence-corrected chi connectivity index (χ4v) is 1.50. The minimum absolute atomic E-state index is 0.347. The molecule has 0 rings (SSSR count). The van der Waals surface area contributed by atoms with Crippen LogP contribution in [-0.2, 0) is 9.59 Å². The van der Waals surface area contributed by atoms with Crippen molar-refractivity contribution in [3.8, 4) is 0 Å². The van der Waals surface area contributed by atoms with Crippen LogP contribution in [0.15, 0.2) is 0 Å². The summed E-state index contributed by atoms with van der Waals surface area (Å²) in [6.45, 7) is 3.38.